The van der Waals surface area contributed by atoms with Gasteiger partial charge in [0.25, 0.3) is 0 Å². The van der Waals surface area contributed by atoms with Gasteiger partial charge in [0.2, 0.25) is 0 Å². The summed E-state index contributed by atoms with van der Waals surface area (Å²) in [4.78, 5) is 0. The number of rotatable bonds is 3. The smallest absolute Gasteiger partial charge is 0.124 e. The van der Waals surface area contributed by atoms with Gasteiger partial charge in [-0.1, -0.05) is 30.3 Å². The van der Waals surface area contributed by atoms with E-state index < -0.39 is 0 Å². The molecule has 2 aromatic rings. The Balaban J connectivity index is 1.75. The van der Waals surface area contributed by atoms with E-state index in [9.17, 15) is 0 Å². The molecule has 20 heavy (non-hydrogen) atoms. The van der Waals surface area contributed by atoms with Crippen LogP contribution in [0.4, 0.5) is 5.69 Å². The van der Waals surface area contributed by atoms with Crippen LogP contribution < -0.4 is 10.5 Å². The lowest BCUT2D eigenvalue weighted by Crippen LogP contribution is -2.21. The highest BCUT2D eigenvalue weighted by Gasteiger charge is 2.21. The largest absolute Gasteiger partial charge is 0.490 e. The van der Waals surface area contributed by atoms with Gasteiger partial charge in [0.15, 0.2) is 0 Å². The van der Waals surface area contributed by atoms with Crippen LogP contribution in [0.3, 0.4) is 0 Å². The van der Waals surface area contributed by atoms with E-state index in [2.05, 4.69) is 18.2 Å². The van der Waals surface area contributed by atoms with E-state index >= 15 is 0 Å². The molecule has 104 valence electrons. The molecule has 0 aromatic heterocycles. The normalized spacial score (nSPS) is 17.6. The molecule has 3 heteroatoms. The van der Waals surface area contributed by atoms with E-state index in [1.54, 1.807) is 0 Å². The number of anilines is 1. The summed E-state index contributed by atoms with van der Waals surface area (Å²) in [5, 5.41) is 0. The molecule has 1 heterocycles. The molecule has 2 aromatic carbocycles. The SMILES string of the molecule is Cc1c(N)cccc1OCC1OCCc2ccccc21. The maximum absolute atomic E-state index is 5.91. The first-order valence-electron chi connectivity index (χ1n) is 6.93. The molecule has 0 aliphatic carbocycles. The quantitative estimate of drug-likeness (QED) is 0.870. The highest BCUT2D eigenvalue weighted by atomic mass is 16.5. The third-order valence-electron chi connectivity index (χ3n) is 3.81. The topological polar surface area (TPSA) is 44.5 Å². The van der Waals surface area contributed by atoms with Gasteiger partial charge in [-0.25, -0.2) is 0 Å². The molecule has 0 saturated carbocycles. The monoisotopic (exact) mass is 269 g/mol. The molecule has 1 aliphatic heterocycles. The second kappa shape index (κ2) is 5.55. The molecular weight excluding hydrogens is 250 g/mol. The standard InChI is InChI=1S/C17H19NO2/c1-12-15(18)7-4-8-16(12)20-11-17-14-6-3-2-5-13(14)9-10-19-17/h2-8,17H,9-11,18H2,1H3. The van der Waals surface area contributed by atoms with Crippen LogP contribution in [-0.2, 0) is 11.2 Å². The maximum Gasteiger partial charge on any atom is 0.124 e. The van der Waals surface area contributed by atoms with Crippen LogP contribution in [0.2, 0.25) is 0 Å². The van der Waals surface area contributed by atoms with E-state index in [1.807, 2.05) is 31.2 Å². The highest BCUT2D eigenvalue weighted by Crippen LogP contribution is 2.29. The average molecular weight is 269 g/mol. The number of hydrogen-bond acceptors (Lipinski definition) is 3. The van der Waals surface area contributed by atoms with Crippen LogP contribution in [0, 0.1) is 6.92 Å². The summed E-state index contributed by atoms with van der Waals surface area (Å²) >= 11 is 0. The van der Waals surface area contributed by atoms with E-state index in [0.29, 0.717) is 6.61 Å². The molecule has 0 amide bonds. The summed E-state index contributed by atoms with van der Waals surface area (Å²) in [7, 11) is 0. The van der Waals surface area contributed by atoms with Crippen molar-refractivity contribution in [2.24, 2.45) is 0 Å². The fourth-order valence-electron chi connectivity index (χ4n) is 2.57. The van der Waals surface area contributed by atoms with Crippen LogP contribution >= 0.6 is 0 Å². The number of hydrogen-bond donors (Lipinski definition) is 1. The molecule has 3 rings (SSSR count). The number of ether oxygens (including phenoxy) is 2. The van der Waals surface area contributed by atoms with Crippen molar-refractivity contribution in [1.29, 1.82) is 0 Å². The Labute approximate surface area is 119 Å². The summed E-state index contributed by atoms with van der Waals surface area (Å²) in [6, 6.07) is 14.1. The number of nitrogens with two attached hydrogens (primary N) is 1. The summed E-state index contributed by atoms with van der Waals surface area (Å²) in [6.45, 7) is 3.24. The van der Waals surface area contributed by atoms with E-state index in [0.717, 1.165) is 30.0 Å². The third kappa shape index (κ3) is 2.49. The Morgan fingerprint density at radius 2 is 2.05 bits per heavy atom. The fourth-order valence-corrected chi connectivity index (χ4v) is 2.57. The number of fused-ring (bicyclic) bond motifs is 1. The Morgan fingerprint density at radius 3 is 2.95 bits per heavy atom. The molecule has 0 saturated heterocycles. The zero-order valence-corrected chi connectivity index (χ0v) is 11.6. The van der Waals surface area contributed by atoms with Crippen molar-refractivity contribution in [2.45, 2.75) is 19.4 Å². The first kappa shape index (κ1) is 13.0. The minimum Gasteiger partial charge on any atom is -0.490 e. The van der Waals surface area contributed by atoms with Gasteiger partial charge in [-0.3, -0.25) is 0 Å². The van der Waals surface area contributed by atoms with Gasteiger partial charge in [-0.05, 0) is 36.6 Å². The second-order valence-corrected chi connectivity index (χ2v) is 5.09. The highest BCUT2D eigenvalue weighted by molar-refractivity contribution is 5.53. The Morgan fingerprint density at radius 1 is 1.20 bits per heavy atom. The van der Waals surface area contributed by atoms with Crippen molar-refractivity contribution >= 4 is 5.69 Å². The predicted molar refractivity (Wildman–Crippen MR) is 79.9 cm³/mol. The first-order valence-corrected chi connectivity index (χ1v) is 6.93. The lowest BCUT2D eigenvalue weighted by molar-refractivity contribution is 0.0101. The third-order valence-corrected chi connectivity index (χ3v) is 3.81. The Kier molecular flexibility index (Phi) is 3.61. The van der Waals surface area contributed by atoms with Gasteiger partial charge >= 0.3 is 0 Å². The zero-order valence-electron chi connectivity index (χ0n) is 11.6. The van der Waals surface area contributed by atoms with E-state index in [4.69, 9.17) is 15.2 Å². The molecule has 1 aliphatic rings. The average Bonchev–Trinajstić information content (AvgIpc) is 2.49. The van der Waals surface area contributed by atoms with Crippen LogP contribution in [0.5, 0.6) is 5.75 Å². The van der Waals surface area contributed by atoms with Crippen molar-refractivity contribution in [1.82, 2.24) is 0 Å². The van der Waals surface area contributed by atoms with Crippen molar-refractivity contribution in [3.8, 4) is 5.75 Å². The van der Waals surface area contributed by atoms with Crippen LogP contribution in [0.1, 0.15) is 22.8 Å². The summed E-state index contributed by atoms with van der Waals surface area (Å²) < 4.78 is 11.7. The van der Waals surface area contributed by atoms with Crippen LogP contribution in [0.15, 0.2) is 42.5 Å². The van der Waals surface area contributed by atoms with E-state index in [-0.39, 0.29) is 6.10 Å². The minimum atomic E-state index is 0.000723. The zero-order chi connectivity index (χ0) is 13.9. The minimum absolute atomic E-state index is 0.000723. The molecule has 0 bridgehead atoms. The van der Waals surface area contributed by atoms with Gasteiger partial charge in [-0.2, -0.15) is 0 Å². The molecule has 0 radical (unpaired) electrons. The lowest BCUT2D eigenvalue weighted by Gasteiger charge is -2.26. The molecule has 1 unspecified atom stereocenters. The maximum atomic E-state index is 5.91. The second-order valence-electron chi connectivity index (χ2n) is 5.09. The number of nitrogen functional groups attached to an aromatic ring is 1. The molecule has 1 atom stereocenters. The van der Waals surface area contributed by atoms with Crippen LogP contribution in [0.25, 0.3) is 0 Å². The van der Waals surface area contributed by atoms with Crippen molar-refractivity contribution in [3.63, 3.8) is 0 Å². The van der Waals surface area contributed by atoms with Gasteiger partial charge in [0.05, 0.1) is 6.61 Å². The first-order chi connectivity index (χ1) is 9.75. The molecule has 3 nitrogen and oxygen atoms in total. The molecule has 0 fully saturated rings. The van der Waals surface area contributed by atoms with Gasteiger partial charge in [0.1, 0.15) is 18.5 Å². The molecular formula is C17H19NO2. The Bertz CT molecular complexity index is 610. The molecule has 2 N–H and O–H groups in total. The molecule has 0 spiro atoms. The summed E-state index contributed by atoms with van der Waals surface area (Å²) in [6.07, 6.45) is 0.977. The number of benzene rings is 2. The van der Waals surface area contributed by atoms with Gasteiger partial charge < -0.3 is 15.2 Å². The van der Waals surface area contributed by atoms with Crippen molar-refractivity contribution in [2.75, 3.05) is 18.9 Å². The van der Waals surface area contributed by atoms with Crippen LogP contribution in [-0.4, -0.2) is 13.2 Å². The lowest BCUT2D eigenvalue weighted by atomic mass is 9.98. The van der Waals surface area contributed by atoms with Crippen molar-refractivity contribution < 1.29 is 9.47 Å². The summed E-state index contributed by atoms with van der Waals surface area (Å²) in [5.41, 5.74) is 10.2. The summed E-state index contributed by atoms with van der Waals surface area (Å²) in [5.74, 6) is 0.830. The van der Waals surface area contributed by atoms with E-state index in [1.165, 1.54) is 11.1 Å². The van der Waals surface area contributed by atoms with Gasteiger partial charge in [-0.15, -0.1) is 0 Å². The fraction of sp³-hybridized carbons (Fsp3) is 0.294. The predicted octanol–water partition coefficient (Wildman–Crippen LogP) is 3.27. The van der Waals surface area contributed by atoms with Gasteiger partial charge in [0, 0.05) is 11.3 Å². The van der Waals surface area contributed by atoms with Crippen molar-refractivity contribution in [3.05, 3.63) is 59.2 Å². The Hall–Kier alpha value is -2.00.